The summed E-state index contributed by atoms with van der Waals surface area (Å²) in [6, 6.07) is 5.37. The Labute approximate surface area is 491 Å². The van der Waals surface area contributed by atoms with Crippen molar-refractivity contribution in [2.75, 3.05) is 129 Å². The standard InChI is InChI=1S/C61H87F3N12O8/c1-38(2)53(72-18-15-60(34-72)16-19-73(35-60)57(80)50-32-74(50)33-51(77)68(6)7)55(78)66-48-28-43-31-71(24-25-83-43)41-13-14-49-44(26-41)46(29-59(4,5)37-84-58(81)47-10-9-17-76(67-47)56(48)79)54(75(49)36-61(62,63)64)45-27-42(30-65-52(45)39(3)82-8)70-22-20-69(21-23-70)40-11-12-40/h13-14,26-27,30,38-40,43,47-48,50,53,67H,9-12,15-25,28-29,31-37H2,1-8H3,(H,66,78)/t39-,43-,47-,48-,50+,53?,60-,74?/m0/s1. The van der Waals surface area contributed by atoms with E-state index < -0.39 is 60.3 Å². The summed E-state index contributed by atoms with van der Waals surface area (Å²) in [5.41, 5.74) is 6.27. The van der Waals surface area contributed by atoms with E-state index in [-0.39, 0.29) is 74.2 Å². The molecule has 9 heterocycles. The molecule has 84 heavy (non-hydrogen) atoms. The molecule has 11 rings (SSSR count). The van der Waals surface area contributed by atoms with E-state index in [2.05, 4.69) is 30.3 Å². The first kappa shape index (κ1) is 60.1. The molecule has 8 atom stereocenters. The van der Waals surface area contributed by atoms with Crippen LogP contribution in [0, 0.1) is 16.7 Å². The van der Waals surface area contributed by atoms with Gasteiger partial charge in [0.15, 0.2) is 0 Å². The number of anilines is 2. The van der Waals surface area contributed by atoms with Crippen LogP contribution in [0.15, 0.2) is 30.5 Å². The fourth-order valence-corrected chi connectivity index (χ4v) is 14.2. The van der Waals surface area contributed by atoms with E-state index in [1.54, 1.807) is 27.3 Å². The third kappa shape index (κ3) is 12.9. The van der Waals surface area contributed by atoms with Gasteiger partial charge in [-0.1, -0.05) is 27.7 Å². The number of hydrogen-bond donors (Lipinski definition) is 2. The average molecular weight is 1170 g/mol. The summed E-state index contributed by atoms with van der Waals surface area (Å²) in [5.74, 6) is -1.40. The van der Waals surface area contributed by atoms with Crippen molar-refractivity contribution in [2.24, 2.45) is 16.7 Å². The number of rotatable bonds is 13. The van der Waals surface area contributed by atoms with Crippen LogP contribution in [-0.4, -0.2) is 231 Å². The maximum absolute atomic E-state index is 15.2. The monoisotopic (exact) mass is 1170 g/mol. The van der Waals surface area contributed by atoms with E-state index in [9.17, 15) is 19.2 Å². The van der Waals surface area contributed by atoms with Gasteiger partial charge in [-0.3, -0.25) is 48.7 Å². The van der Waals surface area contributed by atoms with Crippen LogP contribution in [0.25, 0.3) is 22.2 Å². The van der Waals surface area contributed by atoms with Crippen molar-refractivity contribution in [2.45, 2.75) is 141 Å². The van der Waals surface area contributed by atoms with Gasteiger partial charge in [0.05, 0.1) is 61.3 Å². The van der Waals surface area contributed by atoms with E-state index in [1.807, 2.05) is 68.8 Å². The zero-order valence-electron chi connectivity index (χ0n) is 50.3. The van der Waals surface area contributed by atoms with Gasteiger partial charge in [0.1, 0.15) is 24.7 Å². The number of pyridine rings is 1. The summed E-state index contributed by atoms with van der Waals surface area (Å²) in [5, 5.41) is 5.27. The van der Waals surface area contributed by atoms with Crippen molar-refractivity contribution in [1.82, 2.24) is 49.8 Å². The third-order valence-corrected chi connectivity index (χ3v) is 19.1. The van der Waals surface area contributed by atoms with Gasteiger partial charge < -0.3 is 43.7 Å². The second kappa shape index (κ2) is 23.9. The van der Waals surface area contributed by atoms with Crippen LogP contribution < -0.4 is 20.5 Å². The van der Waals surface area contributed by atoms with E-state index in [1.165, 1.54) is 27.3 Å². The molecule has 1 aromatic carbocycles. The zero-order valence-corrected chi connectivity index (χ0v) is 50.3. The largest absolute Gasteiger partial charge is 0.464 e. The van der Waals surface area contributed by atoms with Crippen LogP contribution in [0.4, 0.5) is 24.5 Å². The highest BCUT2D eigenvalue weighted by Gasteiger charge is 2.52. The minimum atomic E-state index is -4.60. The Morgan fingerprint density at radius 1 is 0.929 bits per heavy atom. The molecule has 2 unspecified atom stereocenters. The highest BCUT2D eigenvalue weighted by molar-refractivity contribution is 5.95. The number of hydrazine groups is 1. The Kier molecular flexibility index (Phi) is 17.1. The number of benzene rings is 1. The number of carbonyl (C=O) groups excluding carboxylic acids is 5. The van der Waals surface area contributed by atoms with Crippen molar-refractivity contribution < 1.29 is 51.4 Å². The molecule has 20 nitrogen and oxygen atoms in total. The number of nitrogens with one attached hydrogen (secondary N) is 2. The quantitative estimate of drug-likeness (QED) is 0.178. The number of halogens is 3. The molecule has 6 bridgehead atoms. The minimum Gasteiger partial charge on any atom is -0.464 e. The number of likely N-dealkylation sites (tertiary alicyclic amines) is 2. The molecule has 3 aromatic rings. The fourth-order valence-electron chi connectivity index (χ4n) is 14.2. The van der Waals surface area contributed by atoms with Gasteiger partial charge in [-0.25, -0.2) is 5.43 Å². The lowest BCUT2D eigenvalue weighted by atomic mass is 9.84. The second-order valence-corrected chi connectivity index (χ2v) is 26.6. The number of morpholine rings is 1. The van der Waals surface area contributed by atoms with Crippen LogP contribution in [0.3, 0.4) is 0 Å². The second-order valence-electron chi connectivity index (χ2n) is 26.6. The van der Waals surface area contributed by atoms with Gasteiger partial charge in [-0.05, 0) is 94.2 Å². The summed E-state index contributed by atoms with van der Waals surface area (Å²) in [4.78, 5) is 89.8. The third-order valence-electron chi connectivity index (χ3n) is 19.1. The number of fused-ring (bicyclic) bond motifs is 6. The summed E-state index contributed by atoms with van der Waals surface area (Å²) in [6.07, 6.45) is 1.32. The molecule has 4 amide bonds. The fraction of sp³-hybridized carbons (Fsp3) is 0.705. The predicted molar refractivity (Wildman–Crippen MR) is 311 cm³/mol. The molecule has 2 aromatic heterocycles. The summed E-state index contributed by atoms with van der Waals surface area (Å²) in [7, 11) is 4.99. The van der Waals surface area contributed by atoms with Crippen molar-refractivity contribution in [1.29, 1.82) is 0 Å². The van der Waals surface area contributed by atoms with E-state index in [0.717, 1.165) is 50.4 Å². The average Bonchev–Trinajstić information content (AvgIpc) is 2.75. The van der Waals surface area contributed by atoms with Crippen LogP contribution >= 0.6 is 0 Å². The molecule has 23 heteroatoms. The molecular formula is C61H87F3N12O8. The van der Waals surface area contributed by atoms with Gasteiger partial charge in [0.2, 0.25) is 17.7 Å². The van der Waals surface area contributed by atoms with Gasteiger partial charge in [-0.2, -0.15) is 13.2 Å². The number of carbonyl (C=O) groups is 5. The molecule has 0 radical (unpaired) electrons. The number of amides is 4. The van der Waals surface area contributed by atoms with Gasteiger partial charge in [0.25, 0.3) is 5.91 Å². The summed E-state index contributed by atoms with van der Waals surface area (Å²) in [6.45, 7) is 16.3. The minimum absolute atomic E-state index is 0.0401. The molecule has 7 fully saturated rings. The molecule has 460 valence electrons. The first-order valence-corrected chi connectivity index (χ1v) is 30.6. The number of likely N-dealkylation sites (N-methyl/N-ethyl adjacent to an activating group) is 1. The summed E-state index contributed by atoms with van der Waals surface area (Å²) < 4.78 is 65.6. The lowest BCUT2D eigenvalue weighted by Crippen LogP contribution is -2.62. The SMILES string of the molecule is CO[C@@H](C)c1ncc(N2CCN(C3CC3)CC2)cc1-c1c2c3cc(ccc3n1CC(F)(F)F)N1CCO[C@@H](C[C@H](NC(=O)C(C(C)C)N3CC[C@]4(CCN(C(=O)[C@H]5CN5CC(=O)N(C)C)C4)C3)C(=O)N3CCC[C@H](N3)C(=O)OCC(C)(C)C2)C1. The number of alkyl halides is 3. The Morgan fingerprint density at radius 3 is 2.40 bits per heavy atom. The molecule has 1 spiro atoms. The van der Waals surface area contributed by atoms with Crippen molar-refractivity contribution in [3.63, 3.8) is 0 Å². The Balaban J connectivity index is 0.899. The normalized spacial score (nSPS) is 28.0. The zero-order chi connectivity index (χ0) is 59.6. The highest BCUT2D eigenvalue weighted by atomic mass is 19.4. The number of ether oxygens (including phenoxy) is 3. The highest BCUT2D eigenvalue weighted by Crippen LogP contribution is 2.46. The topological polar surface area (TPSA) is 181 Å². The summed E-state index contributed by atoms with van der Waals surface area (Å²) >= 11 is 0. The number of cyclic esters (lactones) is 1. The molecule has 6 saturated heterocycles. The number of nitrogens with zero attached hydrogens (tertiary/aromatic N) is 10. The number of hydrogen-bond acceptors (Lipinski definition) is 15. The first-order valence-electron chi connectivity index (χ1n) is 30.6. The van der Waals surface area contributed by atoms with Gasteiger partial charge in [0, 0.05) is 139 Å². The first-order chi connectivity index (χ1) is 40.0. The number of piperazine rings is 1. The smallest absolute Gasteiger partial charge is 0.406 e. The molecule has 7 aliphatic heterocycles. The molecule has 1 aliphatic carbocycles. The van der Waals surface area contributed by atoms with Crippen molar-refractivity contribution in [3.8, 4) is 11.3 Å². The van der Waals surface area contributed by atoms with Gasteiger partial charge in [-0.15, -0.1) is 0 Å². The van der Waals surface area contributed by atoms with Crippen LogP contribution in [0.1, 0.15) is 96.9 Å². The maximum Gasteiger partial charge on any atom is 0.406 e. The van der Waals surface area contributed by atoms with Crippen LogP contribution in [0.5, 0.6) is 0 Å². The molecular weight excluding hydrogens is 1090 g/mol. The van der Waals surface area contributed by atoms with Crippen LogP contribution in [0.2, 0.25) is 0 Å². The van der Waals surface area contributed by atoms with Crippen molar-refractivity contribution in [3.05, 3.63) is 41.7 Å². The molecule has 1 saturated carbocycles. The molecule has 2 N–H and O–H groups in total. The van der Waals surface area contributed by atoms with E-state index in [4.69, 9.17) is 19.2 Å². The van der Waals surface area contributed by atoms with E-state index >= 15 is 18.0 Å². The number of esters is 1. The molecule has 8 aliphatic rings. The van der Waals surface area contributed by atoms with E-state index in [0.29, 0.717) is 98.1 Å². The Morgan fingerprint density at radius 2 is 1.69 bits per heavy atom. The lowest BCUT2D eigenvalue weighted by Gasteiger charge is -2.39. The van der Waals surface area contributed by atoms with Crippen molar-refractivity contribution >= 4 is 51.9 Å². The maximum atomic E-state index is 15.2. The van der Waals surface area contributed by atoms with Gasteiger partial charge >= 0.3 is 12.1 Å². The predicted octanol–water partition coefficient (Wildman–Crippen LogP) is 4.68. The Hall–Kier alpha value is -5.59. The lowest BCUT2D eigenvalue weighted by molar-refractivity contribution is -0.156. The number of methoxy groups -OCH3 is 1. The van der Waals surface area contributed by atoms with Crippen LogP contribution in [-0.2, 0) is 51.1 Å². The Bertz CT molecular complexity index is 2960. The number of aromatic nitrogens is 2.